The zero-order valence-corrected chi connectivity index (χ0v) is 19.5. The van der Waals surface area contributed by atoms with Crippen LogP contribution >= 0.6 is 0 Å². The molecule has 1 aliphatic rings. The molecule has 1 rings (SSSR count). The van der Waals surface area contributed by atoms with E-state index in [-0.39, 0.29) is 24.7 Å². The molecule has 1 aliphatic heterocycles. The Hall–Kier alpha value is -1.43. The zero-order valence-electron chi connectivity index (χ0n) is 19.5. The molecule has 1 fully saturated rings. The van der Waals surface area contributed by atoms with Crippen molar-refractivity contribution in [1.82, 2.24) is 5.32 Å². The number of carbonyl (C=O) groups is 1. The summed E-state index contributed by atoms with van der Waals surface area (Å²) in [6.07, 6.45) is 14.1. The Morgan fingerprint density at radius 2 is 1.97 bits per heavy atom. The van der Waals surface area contributed by atoms with Gasteiger partial charge in [0.2, 0.25) is 5.91 Å². The third kappa shape index (κ3) is 11.1. The van der Waals surface area contributed by atoms with Gasteiger partial charge in [0, 0.05) is 12.7 Å². The Bertz CT molecular complexity index is 582. The van der Waals surface area contributed by atoms with Crippen LogP contribution in [0.25, 0.3) is 0 Å². The van der Waals surface area contributed by atoms with Gasteiger partial charge in [0.05, 0.1) is 24.9 Å². The minimum absolute atomic E-state index is 0.0942. The average Bonchev–Trinajstić information content (AvgIpc) is 2.73. The Morgan fingerprint density at radius 3 is 2.60 bits per heavy atom. The Kier molecular flexibility index (Phi) is 12.9. The molecule has 0 spiro atoms. The predicted molar refractivity (Wildman–Crippen MR) is 123 cm³/mol. The molecule has 6 atom stereocenters. The highest BCUT2D eigenvalue weighted by atomic mass is 16.5. The summed E-state index contributed by atoms with van der Waals surface area (Å²) in [5, 5.41) is 21.6. The van der Waals surface area contributed by atoms with Gasteiger partial charge >= 0.3 is 0 Å². The second kappa shape index (κ2) is 14.6. The van der Waals surface area contributed by atoms with Gasteiger partial charge in [-0.1, -0.05) is 57.1 Å². The summed E-state index contributed by atoms with van der Waals surface area (Å²) >= 11 is 0. The quantitative estimate of drug-likeness (QED) is 0.327. The van der Waals surface area contributed by atoms with Gasteiger partial charge in [0.25, 0.3) is 0 Å². The van der Waals surface area contributed by atoms with Crippen molar-refractivity contribution in [1.29, 1.82) is 0 Å². The van der Waals surface area contributed by atoms with Crippen LogP contribution in [0.15, 0.2) is 36.0 Å². The molecule has 6 unspecified atom stereocenters. The number of allylic oxidation sites excluding steroid dienone is 3. The van der Waals surface area contributed by atoms with Crippen molar-refractivity contribution >= 4 is 5.91 Å². The highest BCUT2D eigenvalue weighted by Crippen LogP contribution is 2.24. The van der Waals surface area contributed by atoms with E-state index in [0.717, 1.165) is 25.4 Å². The Balaban J connectivity index is 2.46. The SMILES string of the molecule is CCC1CCOC(/C=C/C(C)=C/CC(C)C(C)CC(CO)NC(=O)/C=C\C(C)O)C1. The lowest BCUT2D eigenvalue weighted by atomic mass is 9.87. The maximum Gasteiger partial charge on any atom is 0.244 e. The van der Waals surface area contributed by atoms with E-state index in [2.05, 4.69) is 51.2 Å². The summed E-state index contributed by atoms with van der Waals surface area (Å²) in [5.41, 5.74) is 1.24. The Labute approximate surface area is 183 Å². The van der Waals surface area contributed by atoms with Crippen LogP contribution < -0.4 is 5.32 Å². The lowest BCUT2D eigenvalue weighted by molar-refractivity contribution is -0.117. The number of hydrogen-bond donors (Lipinski definition) is 3. The normalized spacial score (nSPS) is 24.7. The van der Waals surface area contributed by atoms with Gasteiger partial charge in [-0.05, 0) is 57.3 Å². The highest BCUT2D eigenvalue weighted by Gasteiger charge is 2.20. The van der Waals surface area contributed by atoms with E-state index in [1.165, 1.54) is 30.6 Å². The van der Waals surface area contributed by atoms with Crippen LogP contribution in [0.4, 0.5) is 0 Å². The molecule has 3 N–H and O–H groups in total. The molecule has 0 radical (unpaired) electrons. The zero-order chi connectivity index (χ0) is 22.5. The number of nitrogens with one attached hydrogen (secondary N) is 1. The highest BCUT2D eigenvalue weighted by molar-refractivity contribution is 5.87. The topological polar surface area (TPSA) is 78.8 Å². The molecule has 1 saturated heterocycles. The van der Waals surface area contributed by atoms with Crippen LogP contribution in [0.1, 0.15) is 66.7 Å². The summed E-state index contributed by atoms with van der Waals surface area (Å²) < 4.78 is 5.85. The first-order valence-electron chi connectivity index (χ1n) is 11.5. The van der Waals surface area contributed by atoms with Crippen molar-refractivity contribution in [3.05, 3.63) is 36.0 Å². The maximum absolute atomic E-state index is 11.9. The van der Waals surface area contributed by atoms with Crippen molar-refractivity contribution in [3.63, 3.8) is 0 Å². The summed E-state index contributed by atoms with van der Waals surface area (Å²) in [4.78, 5) is 11.9. The standard InChI is InChI=1S/C25H43NO4/c1-6-22-13-14-30-24(16-22)11-8-18(2)7-9-19(3)20(4)15-23(17-27)26-25(29)12-10-21(5)28/h7-8,10-12,19-24,27-28H,6,9,13-17H2,1-5H3,(H,26,29)/b11-8+,12-10-,18-7+. The van der Waals surface area contributed by atoms with E-state index in [0.29, 0.717) is 18.3 Å². The molecule has 0 aromatic heterocycles. The second-order valence-electron chi connectivity index (χ2n) is 8.93. The molecule has 30 heavy (non-hydrogen) atoms. The lowest BCUT2D eigenvalue weighted by Crippen LogP contribution is -2.38. The molecular formula is C25H43NO4. The third-order valence-corrected chi connectivity index (χ3v) is 6.11. The van der Waals surface area contributed by atoms with E-state index < -0.39 is 6.10 Å². The molecule has 0 saturated carbocycles. The van der Waals surface area contributed by atoms with Crippen LogP contribution in [0.5, 0.6) is 0 Å². The number of carbonyl (C=O) groups excluding carboxylic acids is 1. The summed E-state index contributed by atoms with van der Waals surface area (Å²) in [7, 11) is 0. The fraction of sp³-hybridized carbons (Fsp3) is 0.720. The van der Waals surface area contributed by atoms with Gasteiger partial charge in [0.1, 0.15) is 0 Å². The van der Waals surface area contributed by atoms with Crippen LogP contribution in [-0.2, 0) is 9.53 Å². The van der Waals surface area contributed by atoms with Crippen LogP contribution in [-0.4, -0.2) is 47.6 Å². The van der Waals surface area contributed by atoms with Gasteiger partial charge in [-0.25, -0.2) is 0 Å². The predicted octanol–water partition coefficient (Wildman–Crippen LogP) is 4.16. The molecule has 1 heterocycles. The number of hydrogen-bond acceptors (Lipinski definition) is 4. The van der Waals surface area contributed by atoms with E-state index in [1.807, 2.05) is 0 Å². The third-order valence-electron chi connectivity index (χ3n) is 6.11. The number of aliphatic hydroxyl groups is 2. The number of aliphatic hydroxyl groups excluding tert-OH is 2. The van der Waals surface area contributed by atoms with Crippen LogP contribution in [0.3, 0.4) is 0 Å². The van der Waals surface area contributed by atoms with Crippen LogP contribution in [0.2, 0.25) is 0 Å². The molecule has 0 aromatic rings. The fourth-order valence-corrected chi connectivity index (χ4v) is 3.67. The van der Waals surface area contributed by atoms with Crippen molar-refractivity contribution in [2.75, 3.05) is 13.2 Å². The van der Waals surface area contributed by atoms with E-state index in [4.69, 9.17) is 4.74 Å². The van der Waals surface area contributed by atoms with Gasteiger partial charge in [-0.2, -0.15) is 0 Å². The second-order valence-corrected chi connectivity index (χ2v) is 8.93. The van der Waals surface area contributed by atoms with Crippen molar-refractivity contribution in [2.24, 2.45) is 17.8 Å². The molecule has 0 aliphatic carbocycles. The Morgan fingerprint density at radius 1 is 1.23 bits per heavy atom. The fourth-order valence-electron chi connectivity index (χ4n) is 3.67. The van der Waals surface area contributed by atoms with E-state index in [1.54, 1.807) is 6.92 Å². The largest absolute Gasteiger partial charge is 0.394 e. The summed E-state index contributed by atoms with van der Waals surface area (Å²) in [6.45, 7) is 11.1. The minimum Gasteiger partial charge on any atom is -0.394 e. The van der Waals surface area contributed by atoms with Gasteiger partial charge in [0.15, 0.2) is 0 Å². The minimum atomic E-state index is -0.663. The average molecular weight is 422 g/mol. The first-order chi connectivity index (χ1) is 14.2. The number of rotatable bonds is 12. The van der Waals surface area contributed by atoms with E-state index >= 15 is 0 Å². The number of ether oxygens (including phenoxy) is 1. The van der Waals surface area contributed by atoms with Crippen LogP contribution in [0, 0.1) is 17.8 Å². The van der Waals surface area contributed by atoms with Crippen molar-refractivity contribution < 1.29 is 19.7 Å². The maximum atomic E-state index is 11.9. The smallest absolute Gasteiger partial charge is 0.244 e. The molecule has 5 nitrogen and oxygen atoms in total. The molecule has 5 heteroatoms. The molecule has 172 valence electrons. The van der Waals surface area contributed by atoms with Gasteiger partial charge in [-0.3, -0.25) is 4.79 Å². The molecular weight excluding hydrogens is 378 g/mol. The summed E-state index contributed by atoms with van der Waals surface area (Å²) in [5.74, 6) is 1.28. The van der Waals surface area contributed by atoms with Gasteiger partial charge < -0.3 is 20.3 Å². The first-order valence-corrected chi connectivity index (χ1v) is 11.5. The van der Waals surface area contributed by atoms with Crippen molar-refractivity contribution in [3.8, 4) is 0 Å². The van der Waals surface area contributed by atoms with Gasteiger partial charge in [-0.15, -0.1) is 0 Å². The molecule has 0 aromatic carbocycles. The lowest BCUT2D eigenvalue weighted by Gasteiger charge is -2.26. The summed E-state index contributed by atoms with van der Waals surface area (Å²) in [6, 6.07) is -0.284. The molecule has 0 bridgehead atoms. The van der Waals surface area contributed by atoms with Crippen molar-refractivity contribution in [2.45, 2.75) is 85.0 Å². The van der Waals surface area contributed by atoms with E-state index in [9.17, 15) is 15.0 Å². The number of amides is 1. The first kappa shape index (κ1) is 26.6. The molecule has 1 amide bonds. The monoisotopic (exact) mass is 421 g/mol.